The molecule has 1 aliphatic rings. The van der Waals surface area contributed by atoms with Crippen molar-refractivity contribution in [2.24, 2.45) is 0 Å². The van der Waals surface area contributed by atoms with Crippen LogP contribution in [0.4, 0.5) is 14.5 Å². The molecule has 0 saturated heterocycles. The number of nitrogens with one attached hydrogen (secondary N) is 2. The average Bonchev–Trinajstić information content (AvgIpc) is 2.65. The van der Waals surface area contributed by atoms with E-state index < -0.39 is 33.1 Å². The third kappa shape index (κ3) is 4.87. The number of hydrogen-bond acceptors (Lipinski definition) is 3. The van der Waals surface area contributed by atoms with Crippen LogP contribution in [0.5, 0.6) is 0 Å². The van der Waals surface area contributed by atoms with E-state index in [0.29, 0.717) is 0 Å². The van der Waals surface area contributed by atoms with Crippen LogP contribution in [-0.4, -0.2) is 20.4 Å². The van der Waals surface area contributed by atoms with Gasteiger partial charge in [-0.15, -0.1) is 0 Å². The maximum absolute atomic E-state index is 14.2. The van der Waals surface area contributed by atoms with Gasteiger partial charge in [-0.2, -0.15) is 0 Å². The lowest BCUT2D eigenvalue weighted by Gasteiger charge is -2.22. The molecule has 2 aromatic rings. The number of halogens is 3. The van der Waals surface area contributed by atoms with Gasteiger partial charge in [0, 0.05) is 11.7 Å². The molecule has 2 aromatic carbocycles. The van der Waals surface area contributed by atoms with E-state index in [9.17, 15) is 22.0 Å². The van der Waals surface area contributed by atoms with Gasteiger partial charge in [-0.05, 0) is 49.2 Å². The Morgan fingerprint density at radius 3 is 2.36 bits per heavy atom. The highest BCUT2D eigenvalue weighted by atomic mass is 35.5. The third-order valence-electron chi connectivity index (χ3n) is 4.60. The first-order valence-corrected chi connectivity index (χ1v) is 10.7. The molecule has 1 fully saturated rings. The van der Waals surface area contributed by atoms with Gasteiger partial charge in [0.1, 0.15) is 11.6 Å². The van der Waals surface area contributed by atoms with E-state index in [1.54, 1.807) is 0 Å². The largest absolute Gasteiger partial charge is 0.322 e. The van der Waals surface area contributed by atoms with Crippen molar-refractivity contribution in [1.82, 2.24) is 4.72 Å². The molecule has 1 aliphatic carbocycles. The van der Waals surface area contributed by atoms with Gasteiger partial charge in [-0.3, -0.25) is 4.79 Å². The standard InChI is InChI=1S/C19H19ClF2N2O3S/c20-16-10-13(6-8-18(16)22)23-19(25)15-11-14(7-9-17(15)21)28(26,27)24-12-4-2-1-3-5-12/h6-12,24H,1-5H2,(H,23,25). The number of carbonyl (C=O) groups excluding carboxylic acids is 1. The van der Waals surface area contributed by atoms with Crippen LogP contribution in [-0.2, 0) is 10.0 Å². The molecule has 0 unspecified atom stereocenters. The summed E-state index contributed by atoms with van der Waals surface area (Å²) in [7, 11) is -3.89. The van der Waals surface area contributed by atoms with E-state index >= 15 is 0 Å². The van der Waals surface area contributed by atoms with Crippen molar-refractivity contribution in [2.75, 3.05) is 5.32 Å². The second kappa shape index (κ2) is 8.55. The average molecular weight is 429 g/mol. The third-order valence-corrected chi connectivity index (χ3v) is 6.41. The van der Waals surface area contributed by atoms with Crippen LogP contribution in [0.15, 0.2) is 41.3 Å². The predicted octanol–water partition coefficient (Wildman–Crippen LogP) is 4.48. The van der Waals surface area contributed by atoms with Crippen LogP contribution in [0.2, 0.25) is 5.02 Å². The molecule has 3 rings (SSSR count). The van der Waals surface area contributed by atoms with Crippen molar-refractivity contribution >= 4 is 33.2 Å². The molecule has 1 amide bonds. The first-order valence-electron chi connectivity index (χ1n) is 8.84. The maximum Gasteiger partial charge on any atom is 0.258 e. The summed E-state index contributed by atoms with van der Waals surface area (Å²) in [6.07, 6.45) is 4.47. The second-order valence-electron chi connectivity index (χ2n) is 6.68. The van der Waals surface area contributed by atoms with Crippen LogP contribution >= 0.6 is 11.6 Å². The minimum absolute atomic E-state index is 0.157. The molecular formula is C19H19ClF2N2O3S. The van der Waals surface area contributed by atoms with Crippen molar-refractivity contribution in [3.63, 3.8) is 0 Å². The Balaban J connectivity index is 1.81. The van der Waals surface area contributed by atoms with E-state index in [-0.39, 0.29) is 21.6 Å². The van der Waals surface area contributed by atoms with Gasteiger partial charge in [0.15, 0.2) is 0 Å². The molecule has 0 aromatic heterocycles. The predicted molar refractivity (Wildman–Crippen MR) is 103 cm³/mol. The first kappa shape index (κ1) is 20.7. The Morgan fingerprint density at radius 2 is 1.68 bits per heavy atom. The number of sulfonamides is 1. The molecule has 0 atom stereocenters. The van der Waals surface area contributed by atoms with Crippen molar-refractivity contribution in [2.45, 2.75) is 43.0 Å². The van der Waals surface area contributed by atoms with Crippen molar-refractivity contribution < 1.29 is 22.0 Å². The Bertz CT molecular complexity index is 993. The van der Waals surface area contributed by atoms with Gasteiger partial charge in [0.2, 0.25) is 10.0 Å². The van der Waals surface area contributed by atoms with Crippen LogP contribution in [0.3, 0.4) is 0 Å². The number of carbonyl (C=O) groups is 1. The number of hydrogen-bond donors (Lipinski definition) is 2. The van der Waals surface area contributed by atoms with Crippen LogP contribution in [0.25, 0.3) is 0 Å². The van der Waals surface area contributed by atoms with Crippen molar-refractivity contribution in [3.8, 4) is 0 Å². The summed E-state index contributed by atoms with van der Waals surface area (Å²) in [6, 6.07) is 6.38. The van der Waals surface area contributed by atoms with Gasteiger partial charge < -0.3 is 5.32 Å². The fourth-order valence-electron chi connectivity index (χ4n) is 3.13. The zero-order valence-electron chi connectivity index (χ0n) is 14.8. The first-order chi connectivity index (χ1) is 13.3. The zero-order valence-corrected chi connectivity index (χ0v) is 16.4. The number of amides is 1. The molecule has 0 radical (unpaired) electrons. The van der Waals surface area contributed by atoms with E-state index in [1.165, 1.54) is 12.1 Å². The van der Waals surface area contributed by atoms with E-state index in [4.69, 9.17) is 11.6 Å². The summed E-state index contributed by atoms with van der Waals surface area (Å²) in [5, 5.41) is 2.18. The fourth-order valence-corrected chi connectivity index (χ4v) is 4.64. The maximum atomic E-state index is 14.2. The second-order valence-corrected chi connectivity index (χ2v) is 8.80. The molecule has 1 saturated carbocycles. The van der Waals surface area contributed by atoms with Crippen LogP contribution in [0, 0.1) is 11.6 Å². The van der Waals surface area contributed by atoms with Gasteiger partial charge in [-0.25, -0.2) is 21.9 Å². The van der Waals surface area contributed by atoms with E-state index in [1.807, 2.05) is 0 Å². The molecule has 5 nitrogen and oxygen atoms in total. The Labute approximate surface area is 167 Å². The zero-order chi connectivity index (χ0) is 20.3. The fraction of sp³-hybridized carbons (Fsp3) is 0.316. The van der Waals surface area contributed by atoms with Crippen LogP contribution < -0.4 is 10.0 Å². The quantitative estimate of drug-likeness (QED) is 0.737. The van der Waals surface area contributed by atoms with Gasteiger partial charge in [-0.1, -0.05) is 30.9 Å². The van der Waals surface area contributed by atoms with E-state index in [0.717, 1.165) is 56.4 Å². The normalized spacial score (nSPS) is 15.4. The van der Waals surface area contributed by atoms with Crippen LogP contribution in [0.1, 0.15) is 42.5 Å². The Kier molecular flexibility index (Phi) is 6.32. The van der Waals surface area contributed by atoms with Crippen molar-refractivity contribution in [1.29, 1.82) is 0 Å². The smallest absolute Gasteiger partial charge is 0.258 e. The summed E-state index contributed by atoms with van der Waals surface area (Å²) < 4.78 is 55.2. The lowest BCUT2D eigenvalue weighted by molar-refractivity contribution is 0.102. The molecule has 0 bridgehead atoms. The lowest BCUT2D eigenvalue weighted by atomic mass is 9.96. The van der Waals surface area contributed by atoms with Gasteiger partial charge in [0.05, 0.1) is 15.5 Å². The highest BCUT2D eigenvalue weighted by molar-refractivity contribution is 7.89. The minimum Gasteiger partial charge on any atom is -0.322 e. The highest BCUT2D eigenvalue weighted by Crippen LogP contribution is 2.23. The van der Waals surface area contributed by atoms with Gasteiger partial charge in [0.25, 0.3) is 5.91 Å². The molecule has 9 heteroatoms. The molecule has 0 aliphatic heterocycles. The summed E-state index contributed by atoms with van der Waals surface area (Å²) >= 11 is 5.66. The SMILES string of the molecule is O=C(Nc1ccc(F)c(Cl)c1)c1cc(S(=O)(=O)NC2CCCCC2)ccc1F. The Hall–Kier alpha value is -2.03. The minimum atomic E-state index is -3.89. The number of rotatable bonds is 5. The number of benzene rings is 2. The van der Waals surface area contributed by atoms with E-state index in [2.05, 4.69) is 10.0 Å². The summed E-state index contributed by atoms with van der Waals surface area (Å²) in [6.45, 7) is 0. The highest BCUT2D eigenvalue weighted by Gasteiger charge is 2.24. The molecule has 2 N–H and O–H groups in total. The topological polar surface area (TPSA) is 75.3 Å². The monoisotopic (exact) mass is 428 g/mol. The molecule has 28 heavy (non-hydrogen) atoms. The summed E-state index contributed by atoms with van der Waals surface area (Å²) in [4.78, 5) is 12.2. The Morgan fingerprint density at radius 1 is 1.00 bits per heavy atom. The molecule has 150 valence electrons. The molecular weight excluding hydrogens is 410 g/mol. The summed E-state index contributed by atoms with van der Waals surface area (Å²) in [5.41, 5.74) is -0.281. The molecule has 0 heterocycles. The summed E-state index contributed by atoms with van der Waals surface area (Å²) in [5.74, 6) is -2.40. The lowest BCUT2D eigenvalue weighted by Crippen LogP contribution is -2.36. The van der Waals surface area contributed by atoms with Crippen molar-refractivity contribution in [3.05, 3.63) is 58.6 Å². The number of anilines is 1. The molecule has 0 spiro atoms. The van der Waals surface area contributed by atoms with Gasteiger partial charge >= 0.3 is 0 Å².